The Morgan fingerprint density at radius 3 is 2.67 bits per heavy atom. The molecule has 3 aromatic rings. The number of carboxylic acid groups (broad SMARTS) is 1. The summed E-state index contributed by atoms with van der Waals surface area (Å²) in [6, 6.07) is 7.11. The molecule has 1 aromatic carbocycles. The van der Waals surface area contributed by atoms with Gasteiger partial charge in [0.05, 0.1) is 16.9 Å². The van der Waals surface area contributed by atoms with Crippen molar-refractivity contribution in [3.63, 3.8) is 0 Å². The Bertz CT molecular complexity index is 822. The Hall–Kier alpha value is -2.60. The number of hydrogen-bond acceptors (Lipinski definition) is 3. The largest absolute Gasteiger partial charge is 0.478 e. The third-order valence-electron chi connectivity index (χ3n) is 3.02. The number of halogens is 1. The van der Waals surface area contributed by atoms with Crippen LogP contribution < -0.4 is 0 Å². The molecule has 0 aliphatic carbocycles. The second-order valence-electron chi connectivity index (χ2n) is 4.50. The summed E-state index contributed by atoms with van der Waals surface area (Å²) in [7, 11) is 1.76. The van der Waals surface area contributed by atoms with Crippen LogP contribution in [-0.4, -0.2) is 30.6 Å². The van der Waals surface area contributed by atoms with Gasteiger partial charge in [0.1, 0.15) is 11.3 Å². The Labute approximate surface area is 125 Å². The molecule has 21 heavy (non-hydrogen) atoms. The lowest BCUT2D eigenvalue weighted by Crippen LogP contribution is -1.96. The first-order valence-electron chi connectivity index (χ1n) is 6.13. The van der Waals surface area contributed by atoms with E-state index < -0.39 is 5.97 Å². The minimum absolute atomic E-state index is 0.0999. The summed E-state index contributed by atoms with van der Waals surface area (Å²) < 4.78 is 3.06. The lowest BCUT2D eigenvalue weighted by molar-refractivity contribution is 0.0697. The summed E-state index contributed by atoms with van der Waals surface area (Å²) in [5.41, 5.74) is 1.72. The monoisotopic (exact) mass is 302 g/mol. The molecule has 0 atom stereocenters. The number of rotatable bonds is 3. The van der Waals surface area contributed by atoms with Crippen LogP contribution >= 0.6 is 11.6 Å². The third kappa shape index (κ3) is 2.41. The second-order valence-corrected chi connectivity index (χ2v) is 4.90. The van der Waals surface area contributed by atoms with Crippen molar-refractivity contribution in [2.45, 2.75) is 0 Å². The zero-order valence-electron chi connectivity index (χ0n) is 11.1. The van der Waals surface area contributed by atoms with Gasteiger partial charge >= 0.3 is 5.97 Å². The van der Waals surface area contributed by atoms with Crippen molar-refractivity contribution in [2.24, 2.45) is 7.05 Å². The van der Waals surface area contributed by atoms with Gasteiger partial charge in [-0.25, -0.2) is 9.48 Å². The van der Waals surface area contributed by atoms with E-state index in [0.717, 1.165) is 0 Å². The van der Waals surface area contributed by atoms with E-state index in [2.05, 4.69) is 10.2 Å². The molecule has 0 aliphatic heterocycles. The van der Waals surface area contributed by atoms with Crippen LogP contribution in [-0.2, 0) is 7.05 Å². The van der Waals surface area contributed by atoms with Gasteiger partial charge in [-0.05, 0) is 12.1 Å². The molecule has 0 fully saturated rings. The topological polar surface area (TPSA) is 72.9 Å². The molecule has 106 valence electrons. The first-order chi connectivity index (χ1) is 10.1. The SMILES string of the molecule is Cn1cc(-c2nn(-c3ccccc3Cl)cc2C(=O)O)cn1. The van der Waals surface area contributed by atoms with E-state index >= 15 is 0 Å². The van der Waals surface area contributed by atoms with Crippen molar-refractivity contribution in [1.29, 1.82) is 0 Å². The second kappa shape index (κ2) is 5.06. The number of aromatic nitrogens is 4. The lowest BCUT2D eigenvalue weighted by atomic mass is 10.1. The fourth-order valence-corrected chi connectivity index (χ4v) is 2.27. The van der Waals surface area contributed by atoms with Gasteiger partial charge in [-0.2, -0.15) is 10.2 Å². The summed E-state index contributed by atoms with van der Waals surface area (Å²) in [4.78, 5) is 11.4. The third-order valence-corrected chi connectivity index (χ3v) is 3.34. The Morgan fingerprint density at radius 2 is 2.05 bits per heavy atom. The highest BCUT2D eigenvalue weighted by atomic mass is 35.5. The number of carboxylic acids is 1. The van der Waals surface area contributed by atoms with Crippen LogP contribution in [0.25, 0.3) is 16.9 Å². The van der Waals surface area contributed by atoms with Crippen molar-refractivity contribution in [3.8, 4) is 16.9 Å². The first kappa shape index (κ1) is 13.4. The van der Waals surface area contributed by atoms with Gasteiger partial charge in [0.2, 0.25) is 0 Å². The van der Waals surface area contributed by atoms with Crippen LogP contribution in [0.4, 0.5) is 0 Å². The summed E-state index contributed by atoms with van der Waals surface area (Å²) in [6.07, 6.45) is 4.74. The van der Waals surface area contributed by atoms with Crippen molar-refractivity contribution in [3.05, 3.63) is 53.4 Å². The fourth-order valence-electron chi connectivity index (χ4n) is 2.05. The molecule has 0 spiro atoms. The maximum absolute atomic E-state index is 11.4. The number of aromatic carboxylic acids is 1. The standard InChI is InChI=1S/C14H11ClN4O2/c1-18-7-9(6-16-18)13-10(14(20)21)8-19(17-13)12-5-3-2-4-11(12)15/h2-8H,1H3,(H,20,21). The van der Waals surface area contributed by atoms with E-state index in [9.17, 15) is 9.90 Å². The molecule has 0 radical (unpaired) electrons. The van der Waals surface area contributed by atoms with Gasteiger partial charge < -0.3 is 5.11 Å². The molecule has 0 unspecified atom stereocenters. The van der Waals surface area contributed by atoms with Gasteiger partial charge in [0.15, 0.2) is 0 Å². The molecule has 2 heterocycles. The minimum atomic E-state index is -1.05. The van der Waals surface area contributed by atoms with E-state index in [-0.39, 0.29) is 5.56 Å². The van der Waals surface area contributed by atoms with E-state index in [4.69, 9.17) is 11.6 Å². The van der Waals surface area contributed by atoms with Gasteiger partial charge in [-0.1, -0.05) is 23.7 Å². The van der Waals surface area contributed by atoms with E-state index in [0.29, 0.717) is 22.0 Å². The molecule has 0 amide bonds. The average molecular weight is 303 g/mol. The Kier molecular flexibility index (Phi) is 3.23. The van der Waals surface area contributed by atoms with Crippen LogP contribution in [0.2, 0.25) is 5.02 Å². The van der Waals surface area contributed by atoms with Crippen LogP contribution in [0, 0.1) is 0 Å². The van der Waals surface area contributed by atoms with Crippen molar-refractivity contribution >= 4 is 17.6 Å². The quantitative estimate of drug-likeness (QED) is 0.807. The summed E-state index contributed by atoms with van der Waals surface area (Å²) >= 11 is 6.13. The molecule has 1 N–H and O–H groups in total. The summed E-state index contributed by atoms with van der Waals surface area (Å²) in [5.74, 6) is -1.05. The summed E-state index contributed by atoms with van der Waals surface area (Å²) in [5, 5.41) is 18.2. The number of carbonyl (C=O) groups is 1. The lowest BCUT2D eigenvalue weighted by Gasteiger charge is -2.02. The van der Waals surface area contributed by atoms with Gasteiger partial charge in [-0.3, -0.25) is 4.68 Å². The zero-order chi connectivity index (χ0) is 15.0. The van der Waals surface area contributed by atoms with Gasteiger partial charge in [0.25, 0.3) is 0 Å². The normalized spacial score (nSPS) is 10.8. The molecule has 0 bridgehead atoms. The molecule has 0 saturated heterocycles. The molecular weight excluding hydrogens is 292 g/mol. The predicted octanol–water partition coefficient (Wildman–Crippen LogP) is 2.62. The van der Waals surface area contributed by atoms with Crippen molar-refractivity contribution in [2.75, 3.05) is 0 Å². The minimum Gasteiger partial charge on any atom is -0.478 e. The highest BCUT2D eigenvalue weighted by molar-refractivity contribution is 6.32. The highest BCUT2D eigenvalue weighted by Crippen LogP contribution is 2.25. The first-order valence-corrected chi connectivity index (χ1v) is 6.51. The smallest absolute Gasteiger partial charge is 0.339 e. The van der Waals surface area contributed by atoms with Crippen LogP contribution in [0.3, 0.4) is 0 Å². The zero-order valence-corrected chi connectivity index (χ0v) is 11.8. The Balaban J connectivity index is 2.18. The van der Waals surface area contributed by atoms with Gasteiger partial charge in [0, 0.05) is 25.0 Å². The van der Waals surface area contributed by atoms with Crippen molar-refractivity contribution in [1.82, 2.24) is 19.6 Å². The Morgan fingerprint density at radius 1 is 1.29 bits per heavy atom. The van der Waals surface area contributed by atoms with E-state index in [1.165, 1.54) is 10.9 Å². The molecule has 6 nitrogen and oxygen atoms in total. The number of aryl methyl sites for hydroxylation is 1. The molecule has 3 rings (SSSR count). The molecular formula is C14H11ClN4O2. The van der Waals surface area contributed by atoms with E-state index in [1.54, 1.807) is 42.3 Å². The number of benzene rings is 1. The maximum atomic E-state index is 11.4. The highest BCUT2D eigenvalue weighted by Gasteiger charge is 2.19. The van der Waals surface area contributed by atoms with Crippen molar-refractivity contribution < 1.29 is 9.90 Å². The number of nitrogens with zero attached hydrogens (tertiary/aromatic N) is 4. The molecule has 0 aliphatic rings. The van der Waals surface area contributed by atoms with Crippen LogP contribution in [0.15, 0.2) is 42.9 Å². The molecule has 7 heteroatoms. The fraction of sp³-hybridized carbons (Fsp3) is 0.0714. The molecule has 0 saturated carbocycles. The van der Waals surface area contributed by atoms with Crippen LogP contribution in [0.5, 0.6) is 0 Å². The van der Waals surface area contributed by atoms with Crippen LogP contribution in [0.1, 0.15) is 10.4 Å². The number of para-hydroxylation sites is 1. The maximum Gasteiger partial charge on any atom is 0.339 e. The van der Waals surface area contributed by atoms with Gasteiger partial charge in [-0.15, -0.1) is 0 Å². The number of hydrogen-bond donors (Lipinski definition) is 1. The van der Waals surface area contributed by atoms with E-state index in [1.807, 2.05) is 6.07 Å². The average Bonchev–Trinajstić information content (AvgIpc) is 3.05. The predicted molar refractivity (Wildman–Crippen MR) is 77.7 cm³/mol. The summed E-state index contributed by atoms with van der Waals surface area (Å²) in [6.45, 7) is 0. The molecule has 2 aromatic heterocycles.